The molecule has 0 atom stereocenters. The third-order valence-electron chi connectivity index (χ3n) is 11.3. The summed E-state index contributed by atoms with van der Waals surface area (Å²) in [6.07, 6.45) is 0. The maximum atomic E-state index is 2.37. The van der Waals surface area contributed by atoms with Crippen LogP contribution in [0.15, 0.2) is 212 Å². The molecule has 0 fully saturated rings. The predicted molar refractivity (Wildman–Crippen MR) is 243 cm³/mol. The van der Waals surface area contributed by atoms with Gasteiger partial charge in [0.2, 0.25) is 0 Å². The molecule has 0 amide bonds. The summed E-state index contributed by atoms with van der Waals surface area (Å²) in [5.41, 5.74) is 10.7. The topological polar surface area (TPSA) is 3.24 Å². The average molecular weight is 730 g/mol. The molecule has 0 radical (unpaired) electrons. The summed E-state index contributed by atoms with van der Waals surface area (Å²) < 4.78 is 2.66. The van der Waals surface area contributed by atoms with Crippen molar-refractivity contribution in [2.75, 3.05) is 4.90 Å². The van der Waals surface area contributed by atoms with Crippen molar-refractivity contribution >= 4 is 80.9 Å². The third-order valence-corrected chi connectivity index (χ3v) is 12.5. The number of anilines is 3. The number of benzene rings is 10. The molecule has 11 rings (SSSR count). The Kier molecular flexibility index (Phi) is 7.75. The monoisotopic (exact) mass is 729 g/mol. The summed E-state index contributed by atoms with van der Waals surface area (Å²) in [5, 5.41) is 10.3. The van der Waals surface area contributed by atoms with Crippen molar-refractivity contribution in [3.05, 3.63) is 212 Å². The molecule has 0 aliphatic heterocycles. The molecule has 0 spiro atoms. The van der Waals surface area contributed by atoms with Crippen LogP contribution in [0.2, 0.25) is 0 Å². The number of rotatable bonds is 6. The summed E-state index contributed by atoms with van der Waals surface area (Å²) in [6, 6.07) is 77.6. The van der Waals surface area contributed by atoms with E-state index in [9.17, 15) is 0 Å². The van der Waals surface area contributed by atoms with Gasteiger partial charge in [0.05, 0.1) is 0 Å². The fourth-order valence-electron chi connectivity index (χ4n) is 8.55. The number of hydrogen-bond acceptors (Lipinski definition) is 2. The standard InChI is InChI=1S/C54H35NS/c1-2-11-36(12-3-1)37-23-29-42(30-24-37)55(43-31-25-39(26-32-43)46-18-10-19-50-48-16-8-9-20-52(48)56-54(46)50)44-33-27-40(28-34-44)51-35-41-22-21-38-13-4-5-14-45(38)53(41)49-17-7-6-15-47(49)51/h1-35H. The first-order valence-corrected chi connectivity index (χ1v) is 20.0. The van der Waals surface area contributed by atoms with Crippen LogP contribution >= 0.6 is 11.3 Å². The lowest BCUT2D eigenvalue weighted by Crippen LogP contribution is -2.09. The molecule has 1 aromatic heterocycles. The maximum Gasteiger partial charge on any atom is 0.0462 e. The molecular formula is C54H35NS. The van der Waals surface area contributed by atoms with E-state index in [0.717, 1.165) is 17.1 Å². The highest BCUT2D eigenvalue weighted by molar-refractivity contribution is 7.26. The van der Waals surface area contributed by atoms with E-state index in [4.69, 9.17) is 0 Å². The van der Waals surface area contributed by atoms with Crippen molar-refractivity contribution in [3.8, 4) is 33.4 Å². The Bertz CT molecular complexity index is 3210. The highest BCUT2D eigenvalue weighted by Crippen LogP contribution is 2.43. The minimum atomic E-state index is 1.11. The normalized spacial score (nSPS) is 11.6. The van der Waals surface area contributed by atoms with Crippen molar-refractivity contribution in [2.24, 2.45) is 0 Å². The summed E-state index contributed by atoms with van der Waals surface area (Å²) in [6.45, 7) is 0. The van der Waals surface area contributed by atoms with Gasteiger partial charge in [-0.2, -0.15) is 0 Å². The number of hydrogen-bond donors (Lipinski definition) is 0. The minimum Gasteiger partial charge on any atom is -0.311 e. The molecule has 0 saturated heterocycles. The van der Waals surface area contributed by atoms with Gasteiger partial charge < -0.3 is 4.90 Å². The van der Waals surface area contributed by atoms with Gasteiger partial charge >= 0.3 is 0 Å². The van der Waals surface area contributed by atoms with Gasteiger partial charge in [-0.05, 0) is 114 Å². The average Bonchev–Trinajstić information content (AvgIpc) is 3.66. The molecule has 2 heteroatoms. The Hall–Kier alpha value is -7.00. The van der Waals surface area contributed by atoms with Crippen LogP contribution in [-0.4, -0.2) is 0 Å². The lowest BCUT2D eigenvalue weighted by Gasteiger charge is -2.26. The SMILES string of the molecule is c1ccc(-c2ccc(N(c3ccc(-c4cc5ccc6ccccc6c5c5ccccc45)cc3)c3ccc(-c4cccc5c4sc4ccccc45)cc3)cc2)cc1. The highest BCUT2D eigenvalue weighted by atomic mass is 32.1. The zero-order valence-electron chi connectivity index (χ0n) is 30.6. The molecule has 262 valence electrons. The smallest absolute Gasteiger partial charge is 0.0462 e. The molecule has 0 unspecified atom stereocenters. The minimum absolute atomic E-state index is 1.11. The lowest BCUT2D eigenvalue weighted by molar-refractivity contribution is 1.28. The number of thiophene rings is 1. The molecule has 0 aliphatic carbocycles. The Morgan fingerprint density at radius 1 is 0.304 bits per heavy atom. The summed E-state index contributed by atoms with van der Waals surface area (Å²) in [7, 11) is 0. The van der Waals surface area contributed by atoms with Gasteiger partial charge in [-0.1, -0.05) is 164 Å². The molecular weight excluding hydrogens is 695 g/mol. The van der Waals surface area contributed by atoms with Crippen molar-refractivity contribution in [1.29, 1.82) is 0 Å². The second kappa shape index (κ2) is 13.4. The van der Waals surface area contributed by atoms with Crippen LogP contribution in [0.1, 0.15) is 0 Å². The Morgan fingerprint density at radius 3 is 1.54 bits per heavy atom. The largest absolute Gasteiger partial charge is 0.311 e. The second-order valence-corrected chi connectivity index (χ2v) is 15.5. The third kappa shape index (κ3) is 5.46. The Balaban J connectivity index is 1.01. The fraction of sp³-hybridized carbons (Fsp3) is 0. The Morgan fingerprint density at radius 2 is 0.821 bits per heavy atom. The van der Waals surface area contributed by atoms with Gasteiger partial charge in [-0.25, -0.2) is 0 Å². The maximum absolute atomic E-state index is 2.37. The van der Waals surface area contributed by atoms with Crippen molar-refractivity contribution in [1.82, 2.24) is 0 Å². The van der Waals surface area contributed by atoms with E-state index in [1.54, 1.807) is 0 Å². The van der Waals surface area contributed by atoms with Gasteiger partial charge in [0.1, 0.15) is 0 Å². The first-order chi connectivity index (χ1) is 27.8. The Labute approximate surface area is 330 Å². The molecule has 0 bridgehead atoms. The fourth-order valence-corrected chi connectivity index (χ4v) is 9.79. The molecule has 0 saturated carbocycles. The van der Waals surface area contributed by atoms with Crippen molar-refractivity contribution in [2.45, 2.75) is 0 Å². The van der Waals surface area contributed by atoms with Crippen molar-refractivity contribution < 1.29 is 0 Å². The zero-order chi connectivity index (χ0) is 37.0. The van der Waals surface area contributed by atoms with Gasteiger partial charge in [-0.3, -0.25) is 0 Å². The van der Waals surface area contributed by atoms with Crippen LogP contribution < -0.4 is 4.90 Å². The van der Waals surface area contributed by atoms with E-state index in [2.05, 4.69) is 217 Å². The quantitative estimate of drug-likeness (QED) is 0.154. The van der Waals surface area contributed by atoms with Crippen LogP contribution in [0.25, 0.3) is 85.9 Å². The van der Waals surface area contributed by atoms with E-state index in [-0.39, 0.29) is 0 Å². The van der Waals surface area contributed by atoms with Crippen LogP contribution in [0, 0.1) is 0 Å². The van der Waals surface area contributed by atoms with E-state index >= 15 is 0 Å². The van der Waals surface area contributed by atoms with E-state index < -0.39 is 0 Å². The molecule has 0 N–H and O–H groups in total. The first kappa shape index (κ1) is 32.4. The summed E-state index contributed by atoms with van der Waals surface area (Å²) >= 11 is 1.88. The predicted octanol–water partition coefficient (Wildman–Crippen LogP) is 16.0. The molecule has 11 aromatic rings. The summed E-state index contributed by atoms with van der Waals surface area (Å²) in [5.74, 6) is 0. The molecule has 56 heavy (non-hydrogen) atoms. The molecule has 1 heterocycles. The highest BCUT2D eigenvalue weighted by Gasteiger charge is 2.17. The molecule has 1 nitrogen and oxygen atoms in total. The van der Waals surface area contributed by atoms with Crippen molar-refractivity contribution in [3.63, 3.8) is 0 Å². The van der Waals surface area contributed by atoms with Crippen LogP contribution in [0.3, 0.4) is 0 Å². The summed E-state index contributed by atoms with van der Waals surface area (Å²) in [4.78, 5) is 2.37. The van der Waals surface area contributed by atoms with Crippen LogP contribution in [-0.2, 0) is 0 Å². The first-order valence-electron chi connectivity index (χ1n) is 19.2. The van der Waals surface area contributed by atoms with Gasteiger partial charge in [-0.15, -0.1) is 11.3 Å². The van der Waals surface area contributed by atoms with E-state index in [1.807, 2.05) is 11.3 Å². The molecule has 10 aromatic carbocycles. The van der Waals surface area contributed by atoms with Crippen LogP contribution in [0.4, 0.5) is 17.1 Å². The van der Waals surface area contributed by atoms with E-state index in [1.165, 1.54) is 85.9 Å². The second-order valence-electron chi connectivity index (χ2n) is 14.5. The van der Waals surface area contributed by atoms with Gasteiger partial charge in [0, 0.05) is 37.2 Å². The zero-order valence-corrected chi connectivity index (χ0v) is 31.4. The molecule has 0 aliphatic rings. The lowest BCUT2D eigenvalue weighted by atomic mass is 9.90. The van der Waals surface area contributed by atoms with Crippen LogP contribution in [0.5, 0.6) is 0 Å². The number of fused-ring (bicyclic) bond motifs is 8. The number of nitrogens with zero attached hydrogens (tertiary/aromatic N) is 1. The van der Waals surface area contributed by atoms with Gasteiger partial charge in [0.15, 0.2) is 0 Å². The van der Waals surface area contributed by atoms with Gasteiger partial charge in [0.25, 0.3) is 0 Å². The van der Waals surface area contributed by atoms with E-state index in [0.29, 0.717) is 0 Å².